The van der Waals surface area contributed by atoms with Gasteiger partial charge >= 0.3 is 0 Å². The van der Waals surface area contributed by atoms with E-state index in [0.29, 0.717) is 5.76 Å². The molecule has 138 valence electrons. The van der Waals surface area contributed by atoms with E-state index in [-0.39, 0.29) is 18.0 Å². The summed E-state index contributed by atoms with van der Waals surface area (Å²) in [4.78, 5) is 16.4. The van der Waals surface area contributed by atoms with Gasteiger partial charge in [-0.05, 0) is 30.0 Å². The fourth-order valence-corrected chi connectivity index (χ4v) is 2.77. The largest absolute Gasteiger partial charge is 0.467 e. The summed E-state index contributed by atoms with van der Waals surface area (Å²) in [7, 11) is 0. The number of piperazine rings is 1. The summed E-state index contributed by atoms with van der Waals surface area (Å²) in [6.45, 7) is 3.47. The van der Waals surface area contributed by atoms with Gasteiger partial charge in [-0.2, -0.15) is 5.26 Å². The van der Waals surface area contributed by atoms with Crippen LogP contribution in [0.1, 0.15) is 11.3 Å². The van der Waals surface area contributed by atoms with E-state index in [1.807, 2.05) is 29.2 Å². The molecule has 1 saturated heterocycles. The molecule has 1 aromatic heterocycles. The molecule has 2 heterocycles. The van der Waals surface area contributed by atoms with Crippen molar-refractivity contribution in [2.75, 3.05) is 26.2 Å². The number of hydrogen-bond acceptors (Lipinski definition) is 5. The zero-order chi connectivity index (χ0) is 18.9. The summed E-state index contributed by atoms with van der Waals surface area (Å²) in [5, 5.41) is 12.0. The van der Waals surface area contributed by atoms with Crippen LogP contribution in [-0.2, 0) is 11.3 Å². The number of carbonyl (C=O) groups is 1. The SMILES string of the molecule is N#C/C(=C\N1CCN(/C=C/c2ccccc2)CC1)C(=O)NCc1ccco1. The van der Waals surface area contributed by atoms with E-state index < -0.39 is 0 Å². The topological polar surface area (TPSA) is 72.5 Å². The van der Waals surface area contributed by atoms with E-state index in [4.69, 9.17) is 4.42 Å². The second kappa shape index (κ2) is 9.30. The molecule has 0 aliphatic carbocycles. The molecule has 0 radical (unpaired) electrons. The molecule has 1 aliphatic heterocycles. The Labute approximate surface area is 159 Å². The van der Waals surface area contributed by atoms with Gasteiger partial charge in [0.05, 0.1) is 12.8 Å². The van der Waals surface area contributed by atoms with E-state index in [0.717, 1.165) is 26.2 Å². The minimum Gasteiger partial charge on any atom is -0.467 e. The third-order valence-electron chi connectivity index (χ3n) is 4.31. The molecule has 1 amide bonds. The standard InChI is InChI=1S/C21H22N4O2/c22-15-19(21(26)23-16-20-7-4-14-27-20)17-25-12-10-24(11-13-25)9-8-18-5-2-1-3-6-18/h1-9,14,17H,10-13,16H2,(H,23,26)/b9-8+,19-17+. The van der Waals surface area contributed by atoms with E-state index in [9.17, 15) is 10.1 Å². The highest BCUT2D eigenvalue weighted by Crippen LogP contribution is 2.08. The summed E-state index contributed by atoms with van der Waals surface area (Å²) in [6, 6.07) is 15.7. The number of carbonyl (C=O) groups excluding carboxylic acids is 1. The van der Waals surface area contributed by atoms with Crippen LogP contribution in [0.15, 0.2) is 71.1 Å². The fraction of sp³-hybridized carbons (Fsp3) is 0.238. The molecule has 6 heteroatoms. The first-order valence-corrected chi connectivity index (χ1v) is 8.88. The number of nitriles is 1. The summed E-state index contributed by atoms with van der Waals surface area (Å²) in [6.07, 6.45) is 7.38. The lowest BCUT2D eigenvalue weighted by molar-refractivity contribution is -0.117. The van der Waals surface area contributed by atoms with E-state index in [2.05, 4.69) is 34.6 Å². The fourth-order valence-electron chi connectivity index (χ4n) is 2.77. The molecular weight excluding hydrogens is 340 g/mol. The minimum atomic E-state index is -0.389. The number of nitrogens with zero attached hydrogens (tertiary/aromatic N) is 3. The van der Waals surface area contributed by atoms with Gasteiger partial charge in [-0.25, -0.2) is 0 Å². The number of furan rings is 1. The average Bonchev–Trinajstić information content (AvgIpc) is 3.24. The van der Waals surface area contributed by atoms with Crippen LogP contribution in [0.4, 0.5) is 0 Å². The molecule has 3 rings (SSSR count). The van der Waals surface area contributed by atoms with Crippen molar-refractivity contribution in [3.05, 3.63) is 78.0 Å². The van der Waals surface area contributed by atoms with E-state index in [1.165, 1.54) is 5.56 Å². The van der Waals surface area contributed by atoms with Crippen LogP contribution in [-0.4, -0.2) is 41.9 Å². The highest BCUT2D eigenvalue weighted by atomic mass is 16.3. The Morgan fingerprint density at radius 3 is 2.52 bits per heavy atom. The summed E-state index contributed by atoms with van der Waals surface area (Å²) in [5.41, 5.74) is 1.27. The van der Waals surface area contributed by atoms with Crippen molar-refractivity contribution >= 4 is 12.0 Å². The van der Waals surface area contributed by atoms with Gasteiger partial charge in [0.2, 0.25) is 0 Å². The lowest BCUT2D eigenvalue weighted by Crippen LogP contribution is -2.41. The molecule has 2 aromatic rings. The van der Waals surface area contributed by atoms with Crippen LogP contribution in [0.25, 0.3) is 6.08 Å². The molecule has 0 spiro atoms. The van der Waals surface area contributed by atoms with E-state index >= 15 is 0 Å². The lowest BCUT2D eigenvalue weighted by atomic mass is 10.2. The van der Waals surface area contributed by atoms with E-state index in [1.54, 1.807) is 24.6 Å². The van der Waals surface area contributed by atoms with Crippen molar-refractivity contribution in [3.8, 4) is 6.07 Å². The first-order chi connectivity index (χ1) is 13.2. The number of amides is 1. The molecule has 0 atom stereocenters. The van der Waals surface area contributed by atoms with Gasteiger partial charge < -0.3 is 19.5 Å². The van der Waals surface area contributed by atoms with Gasteiger partial charge in [0.15, 0.2) is 0 Å². The number of rotatable bonds is 6. The maximum absolute atomic E-state index is 12.2. The van der Waals surface area contributed by atoms with Crippen LogP contribution >= 0.6 is 0 Å². The lowest BCUT2D eigenvalue weighted by Gasteiger charge is -2.33. The smallest absolute Gasteiger partial charge is 0.263 e. The molecule has 27 heavy (non-hydrogen) atoms. The van der Waals surface area contributed by atoms with Gasteiger partial charge in [-0.1, -0.05) is 30.3 Å². The monoisotopic (exact) mass is 362 g/mol. The highest BCUT2D eigenvalue weighted by Gasteiger charge is 2.15. The first kappa shape index (κ1) is 18.3. The van der Waals surface area contributed by atoms with Gasteiger partial charge in [-0.15, -0.1) is 0 Å². The number of hydrogen-bond donors (Lipinski definition) is 1. The predicted octanol–water partition coefficient (Wildman–Crippen LogP) is 2.59. The van der Waals surface area contributed by atoms with Crippen LogP contribution in [0.3, 0.4) is 0 Å². The van der Waals surface area contributed by atoms with Crippen molar-refractivity contribution in [1.29, 1.82) is 5.26 Å². The van der Waals surface area contributed by atoms with Gasteiger partial charge in [0, 0.05) is 32.4 Å². The molecule has 6 nitrogen and oxygen atoms in total. The third kappa shape index (κ3) is 5.51. The Balaban J connectivity index is 1.49. The van der Waals surface area contributed by atoms with Crippen molar-refractivity contribution in [2.24, 2.45) is 0 Å². The van der Waals surface area contributed by atoms with Crippen LogP contribution in [0, 0.1) is 11.3 Å². The predicted molar refractivity (Wildman–Crippen MR) is 103 cm³/mol. The van der Waals surface area contributed by atoms with Gasteiger partial charge in [-0.3, -0.25) is 4.79 Å². The van der Waals surface area contributed by atoms with Crippen LogP contribution in [0.2, 0.25) is 0 Å². The Morgan fingerprint density at radius 1 is 1.11 bits per heavy atom. The molecule has 0 unspecified atom stereocenters. The number of nitrogens with one attached hydrogen (secondary N) is 1. The maximum Gasteiger partial charge on any atom is 0.263 e. The van der Waals surface area contributed by atoms with Crippen molar-refractivity contribution in [1.82, 2.24) is 15.1 Å². The Hall–Kier alpha value is -3.46. The zero-order valence-electron chi connectivity index (χ0n) is 15.0. The summed E-state index contributed by atoms with van der Waals surface area (Å²) < 4.78 is 5.17. The molecule has 0 saturated carbocycles. The second-order valence-corrected chi connectivity index (χ2v) is 6.21. The molecule has 1 N–H and O–H groups in total. The summed E-state index contributed by atoms with van der Waals surface area (Å²) >= 11 is 0. The van der Waals surface area contributed by atoms with Crippen molar-refractivity contribution in [2.45, 2.75) is 6.54 Å². The Morgan fingerprint density at radius 2 is 1.85 bits per heavy atom. The maximum atomic E-state index is 12.2. The summed E-state index contributed by atoms with van der Waals surface area (Å²) in [5.74, 6) is 0.264. The Kier molecular flexibility index (Phi) is 6.31. The molecular formula is C21H22N4O2. The second-order valence-electron chi connectivity index (χ2n) is 6.21. The molecule has 1 fully saturated rings. The van der Waals surface area contributed by atoms with Crippen molar-refractivity contribution in [3.63, 3.8) is 0 Å². The van der Waals surface area contributed by atoms with Crippen LogP contribution in [0.5, 0.6) is 0 Å². The Bertz CT molecular complexity index is 827. The van der Waals surface area contributed by atoms with Gasteiger partial charge in [0.25, 0.3) is 5.91 Å². The quantitative estimate of drug-likeness (QED) is 0.632. The average molecular weight is 362 g/mol. The minimum absolute atomic E-state index is 0.106. The first-order valence-electron chi connectivity index (χ1n) is 8.88. The molecule has 1 aromatic carbocycles. The third-order valence-corrected chi connectivity index (χ3v) is 4.31. The molecule has 0 bridgehead atoms. The van der Waals surface area contributed by atoms with Gasteiger partial charge in [0.1, 0.15) is 17.4 Å². The highest BCUT2D eigenvalue weighted by molar-refractivity contribution is 5.97. The molecule has 1 aliphatic rings. The number of benzene rings is 1. The van der Waals surface area contributed by atoms with Crippen LogP contribution < -0.4 is 5.32 Å². The normalized spacial score (nSPS) is 15.0. The zero-order valence-corrected chi connectivity index (χ0v) is 15.0. The van der Waals surface area contributed by atoms with Crippen molar-refractivity contribution < 1.29 is 9.21 Å².